The summed E-state index contributed by atoms with van der Waals surface area (Å²) in [6.07, 6.45) is 3.99. The van der Waals surface area contributed by atoms with Crippen molar-refractivity contribution >= 4 is 15.7 Å². The van der Waals surface area contributed by atoms with E-state index in [1.807, 2.05) is 18.2 Å². The maximum absolute atomic E-state index is 13.0. The molecule has 0 aromatic heterocycles. The minimum Gasteiger partial charge on any atom is -0.493 e. The number of sulfone groups is 1. The van der Waals surface area contributed by atoms with Crippen LogP contribution < -0.4 is 14.8 Å². The quantitative estimate of drug-likeness (QED) is 0.516. The van der Waals surface area contributed by atoms with E-state index in [1.54, 1.807) is 56.7 Å². The van der Waals surface area contributed by atoms with Gasteiger partial charge in [-0.3, -0.25) is 4.79 Å². The van der Waals surface area contributed by atoms with Gasteiger partial charge in [-0.05, 0) is 66.9 Å². The molecule has 1 amide bonds. The van der Waals surface area contributed by atoms with Crippen LogP contribution in [0.25, 0.3) is 0 Å². The maximum Gasteiger partial charge on any atom is 0.251 e. The van der Waals surface area contributed by atoms with Crippen LogP contribution in [0.4, 0.5) is 0 Å². The Morgan fingerprint density at radius 3 is 2.15 bits per heavy atom. The molecule has 0 heterocycles. The number of ether oxygens (including phenoxy) is 2. The third-order valence-electron chi connectivity index (χ3n) is 6.40. The largest absolute Gasteiger partial charge is 0.493 e. The van der Waals surface area contributed by atoms with Crippen LogP contribution >= 0.6 is 0 Å². The Labute approximate surface area is 200 Å². The lowest BCUT2D eigenvalue weighted by molar-refractivity contribution is 0.0920. The first-order chi connectivity index (χ1) is 16.4. The number of hydrogen-bond acceptors (Lipinski definition) is 5. The molecule has 178 valence electrons. The van der Waals surface area contributed by atoms with E-state index in [0.29, 0.717) is 17.1 Å². The van der Waals surface area contributed by atoms with Crippen molar-refractivity contribution in [3.8, 4) is 11.5 Å². The minimum atomic E-state index is -3.62. The zero-order valence-corrected chi connectivity index (χ0v) is 20.2. The fraction of sp³-hybridized carbons (Fsp3) is 0.296. The van der Waals surface area contributed by atoms with Gasteiger partial charge in [0, 0.05) is 17.5 Å². The molecule has 0 saturated heterocycles. The number of carbonyl (C=O) groups is 1. The van der Waals surface area contributed by atoms with Crippen LogP contribution in [-0.2, 0) is 9.84 Å². The standard InChI is InChI=1S/C27H29NO5S/c1-32-25-17-14-20(18-26(25)33-2)23-10-6-7-11-24(23)28-27(29)19-12-15-22(16-13-19)34(30,31)21-8-4-3-5-9-21/h3-5,8-9,12-18,23-24H,6-7,10-11H2,1-2H3,(H,28,29)/t23-,24-/m1/s1. The van der Waals surface area contributed by atoms with Crippen LogP contribution in [0.3, 0.4) is 0 Å². The summed E-state index contributed by atoms with van der Waals surface area (Å²) in [5.74, 6) is 1.30. The minimum absolute atomic E-state index is 0.0212. The molecule has 1 aliphatic carbocycles. The van der Waals surface area contributed by atoms with E-state index in [9.17, 15) is 13.2 Å². The fourth-order valence-corrected chi connectivity index (χ4v) is 5.84. The summed E-state index contributed by atoms with van der Waals surface area (Å²) in [5, 5.41) is 3.18. The lowest BCUT2D eigenvalue weighted by Crippen LogP contribution is -2.41. The first kappa shape index (κ1) is 23.8. The molecule has 0 aliphatic heterocycles. The first-order valence-electron chi connectivity index (χ1n) is 11.4. The molecule has 1 N–H and O–H groups in total. The summed E-state index contributed by atoms with van der Waals surface area (Å²) in [6.45, 7) is 0. The second kappa shape index (κ2) is 10.3. The van der Waals surface area contributed by atoms with Crippen molar-refractivity contribution in [2.45, 2.75) is 47.4 Å². The lowest BCUT2D eigenvalue weighted by Gasteiger charge is -2.33. The zero-order valence-electron chi connectivity index (χ0n) is 19.4. The van der Waals surface area contributed by atoms with Crippen LogP contribution in [0.5, 0.6) is 11.5 Å². The summed E-state index contributed by atoms with van der Waals surface area (Å²) >= 11 is 0. The van der Waals surface area contributed by atoms with Crippen molar-refractivity contribution in [3.05, 3.63) is 83.9 Å². The van der Waals surface area contributed by atoms with E-state index in [1.165, 1.54) is 12.1 Å². The number of nitrogens with one attached hydrogen (secondary N) is 1. The highest BCUT2D eigenvalue weighted by molar-refractivity contribution is 7.91. The Hall–Kier alpha value is -3.32. The molecule has 6 nitrogen and oxygen atoms in total. The normalized spacial score (nSPS) is 18.2. The molecule has 34 heavy (non-hydrogen) atoms. The molecule has 0 spiro atoms. The molecule has 1 saturated carbocycles. The van der Waals surface area contributed by atoms with Crippen molar-refractivity contribution in [2.24, 2.45) is 0 Å². The van der Waals surface area contributed by atoms with Crippen molar-refractivity contribution < 1.29 is 22.7 Å². The predicted molar refractivity (Wildman–Crippen MR) is 130 cm³/mol. The Bertz CT molecular complexity index is 1240. The molecule has 4 rings (SSSR count). The smallest absolute Gasteiger partial charge is 0.251 e. The van der Waals surface area contributed by atoms with E-state index < -0.39 is 9.84 Å². The maximum atomic E-state index is 13.0. The van der Waals surface area contributed by atoms with Gasteiger partial charge in [0.1, 0.15) is 0 Å². The number of rotatable bonds is 7. The van der Waals surface area contributed by atoms with Gasteiger partial charge in [-0.25, -0.2) is 8.42 Å². The summed E-state index contributed by atoms with van der Waals surface area (Å²) in [5.41, 5.74) is 1.54. The Morgan fingerprint density at radius 1 is 0.824 bits per heavy atom. The second-order valence-corrected chi connectivity index (χ2v) is 10.4. The van der Waals surface area contributed by atoms with E-state index in [-0.39, 0.29) is 27.7 Å². The Morgan fingerprint density at radius 2 is 1.47 bits per heavy atom. The van der Waals surface area contributed by atoms with Crippen molar-refractivity contribution in [1.82, 2.24) is 5.32 Å². The highest BCUT2D eigenvalue weighted by Gasteiger charge is 2.29. The summed E-state index contributed by atoms with van der Waals surface area (Å²) in [7, 11) is -0.397. The van der Waals surface area contributed by atoms with E-state index in [4.69, 9.17) is 9.47 Å². The number of carbonyl (C=O) groups excluding carboxylic acids is 1. The van der Waals surface area contributed by atoms with Gasteiger partial charge in [0.25, 0.3) is 5.91 Å². The molecule has 1 fully saturated rings. The monoisotopic (exact) mass is 479 g/mol. The number of methoxy groups -OCH3 is 2. The van der Waals surface area contributed by atoms with Gasteiger partial charge in [0.15, 0.2) is 11.5 Å². The first-order valence-corrected chi connectivity index (χ1v) is 12.9. The van der Waals surface area contributed by atoms with Gasteiger partial charge in [-0.2, -0.15) is 0 Å². The third-order valence-corrected chi connectivity index (χ3v) is 8.18. The fourth-order valence-electron chi connectivity index (χ4n) is 4.56. The molecule has 1 aliphatic rings. The van der Waals surface area contributed by atoms with Crippen molar-refractivity contribution in [2.75, 3.05) is 14.2 Å². The molecule has 0 unspecified atom stereocenters. The predicted octanol–water partition coefficient (Wildman–Crippen LogP) is 4.99. The summed E-state index contributed by atoms with van der Waals surface area (Å²) < 4.78 is 36.4. The molecule has 2 atom stereocenters. The van der Waals surface area contributed by atoms with E-state index >= 15 is 0 Å². The average Bonchev–Trinajstić information content (AvgIpc) is 2.89. The molecule has 0 bridgehead atoms. The van der Waals surface area contributed by atoms with Gasteiger partial charge in [-0.15, -0.1) is 0 Å². The Kier molecular flexibility index (Phi) is 7.22. The van der Waals surface area contributed by atoms with Gasteiger partial charge in [-0.1, -0.05) is 37.1 Å². The zero-order chi connectivity index (χ0) is 24.1. The third kappa shape index (κ3) is 4.94. The van der Waals surface area contributed by atoms with Crippen LogP contribution in [0.15, 0.2) is 82.6 Å². The van der Waals surface area contributed by atoms with Crippen molar-refractivity contribution in [1.29, 1.82) is 0 Å². The van der Waals surface area contributed by atoms with Gasteiger partial charge in [0.05, 0.1) is 24.0 Å². The summed E-state index contributed by atoms with van der Waals surface area (Å²) in [6, 6.07) is 20.3. The number of hydrogen-bond donors (Lipinski definition) is 1. The molecule has 3 aromatic rings. The SMILES string of the molecule is COc1ccc([C@H]2CCCC[C@H]2NC(=O)c2ccc(S(=O)(=O)c3ccccc3)cc2)cc1OC. The molecular weight excluding hydrogens is 450 g/mol. The van der Waals surface area contributed by atoms with Gasteiger partial charge < -0.3 is 14.8 Å². The highest BCUT2D eigenvalue weighted by Crippen LogP contribution is 2.37. The highest BCUT2D eigenvalue weighted by atomic mass is 32.2. The topological polar surface area (TPSA) is 81.7 Å². The van der Waals surface area contributed by atoms with Gasteiger partial charge in [0.2, 0.25) is 9.84 Å². The van der Waals surface area contributed by atoms with Gasteiger partial charge >= 0.3 is 0 Å². The van der Waals surface area contributed by atoms with Crippen LogP contribution in [0.1, 0.15) is 47.5 Å². The van der Waals surface area contributed by atoms with E-state index in [0.717, 1.165) is 31.2 Å². The average molecular weight is 480 g/mol. The van der Waals surface area contributed by atoms with Crippen LogP contribution in [-0.4, -0.2) is 34.6 Å². The molecule has 7 heteroatoms. The second-order valence-electron chi connectivity index (χ2n) is 8.43. The molecule has 0 radical (unpaired) electrons. The molecule has 3 aromatic carbocycles. The summed E-state index contributed by atoms with van der Waals surface area (Å²) in [4.78, 5) is 13.4. The lowest BCUT2D eigenvalue weighted by atomic mass is 9.79. The van der Waals surface area contributed by atoms with Crippen LogP contribution in [0.2, 0.25) is 0 Å². The van der Waals surface area contributed by atoms with E-state index in [2.05, 4.69) is 5.32 Å². The number of benzene rings is 3. The number of amides is 1. The van der Waals surface area contributed by atoms with Crippen LogP contribution in [0, 0.1) is 0 Å². The van der Waals surface area contributed by atoms with Crippen molar-refractivity contribution in [3.63, 3.8) is 0 Å². The Balaban J connectivity index is 1.51. The molecular formula is C27H29NO5S.